The molecule has 0 spiro atoms. The van der Waals surface area contributed by atoms with Gasteiger partial charge in [0.15, 0.2) is 0 Å². The summed E-state index contributed by atoms with van der Waals surface area (Å²) in [5.41, 5.74) is 3.59. The third-order valence-electron chi connectivity index (χ3n) is 2.50. The molecule has 1 amide bonds. The maximum atomic E-state index is 11.9. The lowest BCUT2D eigenvalue weighted by molar-refractivity contribution is 0.250. The molecule has 0 unspecified atom stereocenters. The summed E-state index contributed by atoms with van der Waals surface area (Å²) in [6.45, 7) is 5.73. The number of nitrogens with one attached hydrogen (secondary N) is 1. The van der Waals surface area contributed by atoms with Gasteiger partial charge in [-0.3, -0.25) is 0 Å². The molecule has 0 aliphatic carbocycles. The van der Waals surface area contributed by atoms with E-state index >= 15 is 0 Å². The van der Waals surface area contributed by atoms with E-state index in [1.807, 2.05) is 51.1 Å². The van der Waals surface area contributed by atoms with Crippen LogP contribution in [-0.4, -0.2) is 15.8 Å². The summed E-state index contributed by atoms with van der Waals surface area (Å²) in [6, 6.07) is 9.29. The van der Waals surface area contributed by atoms with Crippen molar-refractivity contribution >= 4 is 11.7 Å². The van der Waals surface area contributed by atoms with Crippen LogP contribution in [0.4, 0.5) is 10.5 Å². The van der Waals surface area contributed by atoms with E-state index in [4.69, 9.17) is 0 Å². The number of aromatic nitrogens is 2. The van der Waals surface area contributed by atoms with Crippen LogP contribution in [0.5, 0.6) is 0 Å². The standard InChI is InChI=1S/C13H15N3O/c1-9-4-6-12(7-5-9)14-13(17)16-11(3)8-10(2)15-16/h4-8H,1-3H3,(H,14,17). The molecular formula is C13H15N3O. The van der Waals surface area contributed by atoms with Crippen molar-refractivity contribution in [2.75, 3.05) is 5.32 Å². The molecule has 0 saturated heterocycles. The van der Waals surface area contributed by atoms with Gasteiger partial charge in [-0.25, -0.2) is 4.79 Å². The number of anilines is 1. The molecule has 0 aliphatic rings. The highest BCUT2D eigenvalue weighted by molar-refractivity contribution is 5.90. The summed E-state index contributed by atoms with van der Waals surface area (Å²) in [5, 5.41) is 6.93. The maximum absolute atomic E-state index is 11.9. The first-order chi connectivity index (χ1) is 8.06. The molecule has 1 N–H and O–H groups in total. The van der Waals surface area contributed by atoms with Crippen LogP contribution in [0.2, 0.25) is 0 Å². The van der Waals surface area contributed by atoms with Gasteiger partial charge in [0.25, 0.3) is 0 Å². The average Bonchev–Trinajstić information content (AvgIpc) is 2.61. The maximum Gasteiger partial charge on any atom is 0.346 e. The SMILES string of the molecule is Cc1ccc(NC(=O)n2nc(C)cc2C)cc1. The van der Waals surface area contributed by atoms with Gasteiger partial charge in [0.05, 0.1) is 5.69 Å². The third kappa shape index (κ3) is 2.53. The molecule has 2 rings (SSSR count). The average molecular weight is 229 g/mol. The van der Waals surface area contributed by atoms with E-state index < -0.39 is 0 Å². The Morgan fingerprint density at radius 1 is 1.18 bits per heavy atom. The van der Waals surface area contributed by atoms with Crippen LogP contribution in [0.25, 0.3) is 0 Å². The molecule has 1 aromatic heterocycles. The number of rotatable bonds is 1. The molecule has 2 aromatic rings. The zero-order valence-electron chi connectivity index (χ0n) is 10.2. The van der Waals surface area contributed by atoms with Crippen LogP contribution < -0.4 is 5.32 Å². The van der Waals surface area contributed by atoms with Crippen LogP contribution in [0.15, 0.2) is 30.3 Å². The first-order valence-electron chi connectivity index (χ1n) is 5.47. The van der Waals surface area contributed by atoms with Crippen LogP contribution in [0.1, 0.15) is 17.0 Å². The number of benzene rings is 1. The monoisotopic (exact) mass is 229 g/mol. The Hall–Kier alpha value is -2.10. The van der Waals surface area contributed by atoms with Crippen molar-refractivity contribution in [1.29, 1.82) is 0 Å². The molecule has 1 aromatic carbocycles. The lowest BCUT2D eigenvalue weighted by Crippen LogP contribution is -2.21. The van der Waals surface area contributed by atoms with Crippen molar-refractivity contribution in [2.45, 2.75) is 20.8 Å². The molecule has 17 heavy (non-hydrogen) atoms. The minimum Gasteiger partial charge on any atom is -0.306 e. The highest BCUT2D eigenvalue weighted by atomic mass is 16.2. The molecular weight excluding hydrogens is 214 g/mol. The van der Waals surface area contributed by atoms with Gasteiger partial charge in [-0.15, -0.1) is 0 Å². The van der Waals surface area contributed by atoms with Crippen molar-refractivity contribution in [3.8, 4) is 0 Å². The zero-order chi connectivity index (χ0) is 12.4. The van der Waals surface area contributed by atoms with Crippen LogP contribution >= 0.6 is 0 Å². The van der Waals surface area contributed by atoms with Crippen LogP contribution in [0, 0.1) is 20.8 Å². The second-order valence-corrected chi connectivity index (χ2v) is 4.14. The molecule has 4 nitrogen and oxygen atoms in total. The van der Waals surface area contributed by atoms with Gasteiger partial charge in [0.1, 0.15) is 0 Å². The molecule has 0 aliphatic heterocycles. The van der Waals surface area contributed by atoms with E-state index in [9.17, 15) is 4.79 Å². The van der Waals surface area contributed by atoms with Crippen molar-refractivity contribution in [1.82, 2.24) is 9.78 Å². The van der Waals surface area contributed by atoms with Gasteiger partial charge in [0.2, 0.25) is 0 Å². The van der Waals surface area contributed by atoms with Gasteiger partial charge in [-0.2, -0.15) is 9.78 Å². The normalized spacial score (nSPS) is 10.3. The summed E-state index contributed by atoms with van der Waals surface area (Å²) < 4.78 is 1.37. The summed E-state index contributed by atoms with van der Waals surface area (Å²) in [7, 11) is 0. The smallest absolute Gasteiger partial charge is 0.306 e. The number of amides is 1. The van der Waals surface area contributed by atoms with Crippen LogP contribution in [-0.2, 0) is 0 Å². The summed E-state index contributed by atoms with van der Waals surface area (Å²) in [6.07, 6.45) is 0. The Morgan fingerprint density at radius 2 is 1.82 bits per heavy atom. The lowest BCUT2D eigenvalue weighted by atomic mass is 10.2. The Kier molecular flexibility index (Phi) is 2.95. The largest absolute Gasteiger partial charge is 0.346 e. The first-order valence-corrected chi connectivity index (χ1v) is 5.47. The number of carbonyl (C=O) groups excluding carboxylic acids is 1. The summed E-state index contributed by atoms with van der Waals surface area (Å²) in [5.74, 6) is 0. The zero-order valence-corrected chi connectivity index (χ0v) is 10.2. The predicted molar refractivity (Wildman–Crippen MR) is 67.3 cm³/mol. The van der Waals surface area contributed by atoms with Crippen molar-refractivity contribution in [3.63, 3.8) is 0 Å². The van der Waals surface area contributed by atoms with Crippen molar-refractivity contribution in [2.24, 2.45) is 0 Å². The number of hydrogen-bond donors (Lipinski definition) is 1. The number of hydrogen-bond acceptors (Lipinski definition) is 2. The summed E-state index contributed by atoms with van der Waals surface area (Å²) >= 11 is 0. The molecule has 1 heterocycles. The molecule has 0 saturated carbocycles. The van der Waals surface area contributed by atoms with Gasteiger partial charge in [-0.1, -0.05) is 17.7 Å². The van der Waals surface area contributed by atoms with E-state index in [0.29, 0.717) is 0 Å². The highest BCUT2D eigenvalue weighted by Gasteiger charge is 2.09. The van der Waals surface area contributed by atoms with E-state index in [-0.39, 0.29) is 6.03 Å². The Bertz CT molecular complexity index is 540. The topological polar surface area (TPSA) is 46.9 Å². The Morgan fingerprint density at radius 3 is 2.35 bits per heavy atom. The van der Waals surface area contributed by atoms with E-state index in [1.165, 1.54) is 4.68 Å². The second kappa shape index (κ2) is 4.41. The molecule has 0 bridgehead atoms. The summed E-state index contributed by atoms with van der Waals surface area (Å²) in [4.78, 5) is 11.9. The molecule has 0 radical (unpaired) electrons. The third-order valence-corrected chi connectivity index (χ3v) is 2.50. The number of aryl methyl sites for hydroxylation is 3. The van der Waals surface area contributed by atoms with E-state index in [1.54, 1.807) is 0 Å². The van der Waals surface area contributed by atoms with Gasteiger partial charge in [0, 0.05) is 11.4 Å². The first kappa shape index (κ1) is 11.4. The van der Waals surface area contributed by atoms with E-state index in [2.05, 4.69) is 10.4 Å². The van der Waals surface area contributed by atoms with Gasteiger partial charge in [-0.05, 0) is 39.0 Å². The Labute approximate surface area is 100 Å². The van der Waals surface area contributed by atoms with Crippen molar-refractivity contribution < 1.29 is 4.79 Å². The minimum absolute atomic E-state index is 0.237. The fourth-order valence-electron chi connectivity index (χ4n) is 1.65. The number of nitrogens with zero attached hydrogens (tertiary/aromatic N) is 2. The lowest BCUT2D eigenvalue weighted by Gasteiger charge is -2.06. The quantitative estimate of drug-likeness (QED) is 0.817. The molecule has 0 atom stereocenters. The molecule has 88 valence electrons. The van der Waals surface area contributed by atoms with E-state index in [0.717, 1.165) is 22.6 Å². The minimum atomic E-state index is -0.237. The Balaban J connectivity index is 2.17. The fraction of sp³-hybridized carbons (Fsp3) is 0.231. The molecule has 0 fully saturated rings. The van der Waals surface area contributed by atoms with Crippen LogP contribution in [0.3, 0.4) is 0 Å². The fourth-order valence-corrected chi connectivity index (χ4v) is 1.65. The van der Waals surface area contributed by atoms with Gasteiger partial charge < -0.3 is 5.32 Å². The van der Waals surface area contributed by atoms with Gasteiger partial charge >= 0.3 is 6.03 Å². The van der Waals surface area contributed by atoms with Crippen molar-refractivity contribution in [3.05, 3.63) is 47.3 Å². The highest BCUT2D eigenvalue weighted by Crippen LogP contribution is 2.10. The number of carbonyl (C=O) groups is 1. The predicted octanol–water partition coefficient (Wildman–Crippen LogP) is 2.89. The second-order valence-electron chi connectivity index (χ2n) is 4.14. The molecule has 4 heteroatoms.